The Balaban J connectivity index is 2.45. The van der Waals surface area contributed by atoms with Crippen molar-refractivity contribution < 1.29 is 0 Å². The van der Waals surface area contributed by atoms with Gasteiger partial charge in [0.2, 0.25) is 0 Å². The van der Waals surface area contributed by atoms with Crippen molar-refractivity contribution in [2.24, 2.45) is 5.84 Å². The molecule has 5 heteroatoms. The van der Waals surface area contributed by atoms with E-state index in [4.69, 9.17) is 5.84 Å². The van der Waals surface area contributed by atoms with Crippen LogP contribution < -0.4 is 11.3 Å². The Morgan fingerprint density at radius 3 is 2.89 bits per heavy atom. The number of rotatable bonds is 4. The van der Waals surface area contributed by atoms with E-state index in [0.717, 1.165) is 22.4 Å². The number of imidazole rings is 1. The molecule has 0 saturated heterocycles. The van der Waals surface area contributed by atoms with Gasteiger partial charge < -0.3 is 4.57 Å². The molecule has 0 bridgehead atoms. The third-order valence-corrected chi connectivity index (χ3v) is 3.55. The molecular weight excluding hydrogens is 292 g/mol. The first-order valence-corrected chi connectivity index (χ1v) is 6.69. The Kier molecular flexibility index (Phi) is 4.16. The van der Waals surface area contributed by atoms with Gasteiger partial charge in [0, 0.05) is 23.4 Å². The predicted molar refractivity (Wildman–Crippen MR) is 75.9 cm³/mol. The van der Waals surface area contributed by atoms with Gasteiger partial charge in [0.15, 0.2) is 0 Å². The fourth-order valence-corrected chi connectivity index (χ4v) is 2.59. The summed E-state index contributed by atoms with van der Waals surface area (Å²) < 4.78 is 3.16. The predicted octanol–water partition coefficient (Wildman–Crippen LogP) is 2.53. The van der Waals surface area contributed by atoms with E-state index in [9.17, 15) is 0 Å². The van der Waals surface area contributed by atoms with Crippen LogP contribution in [0.5, 0.6) is 0 Å². The van der Waals surface area contributed by atoms with Gasteiger partial charge in [-0.3, -0.25) is 5.84 Å². The summed E-state index contributed by atoms with van der Waals surface area (Å²) in [5.41, 5.74) is 5.18. The second-order valence-corrected chi connectivity index (χ2v) is 5.09. The van der Waals surface area contributed by atoms with Crippen molar-refractivity contribution in [3.8, 4) is 0 Å². The van der Waals surface area contributed by atoms with Crippen molar-refractivity contribution in [2.75, 3.05) is 0 Å². The zero-order valence-corrected chi connectivity index (χ0v) is 12.1. The lowest BCUT2D eigenvalue weighted by Gasteiger charge is -2.19. The summed E-state index contributed by atoms with van der Waals surface area (Å²) in [6, 6.07) is 6.08. The molecule has 3 N–H and O–H groups in total. The first-order valence-electron chi connectivity index (χ1n) is 5.90. The highest BCUT2D eigenvalue weighted by Crippen LogP contribution is 2.25. The first kappa shape index (κ1) is 13.3. The fourth-order valence-electron chi connectivity index (χ4n) is 2.11. The van der Waals surface area contributed by atoms with Crippen molar-refractivity contribution in [1.82, 2.24) is 15.0 Å². The van der Waals surface area contributed by atoms with E-state index in [-0.39, 0.29) is 6.04 Å². The number of nitrogens with zero attached hydrogens (tertiary/aromatic N) is 2. The highest BCUT2D eigenvalue weighted by molar-refractivity contribution is 9.10. The molecule has 96 valence electrons. The van der Waals surface area contributed by atoms with Crippen LogP contribution in [0.2, 0.25) is 0 Å². The molecule has 0 spiro atoms. The minimum Gasteiger partial charge on any atom is -0.334 e. The van der Waals surface area contributed by atoms with Crippen molar-refractivity contribution in [3.63, 3.8) is 0 Å². The van der Waals surface area contributed by atoms with Crippen LogP contribution in [-0.4, -0.2) is 9.55 Å². The molecule has 18 heavy (non-hydrogen) atoms. The van der Waals surface area contributed by atoms with E-state index in [1.807, 2.05) is 12.3 Å². The van der Waals surface area contributed by atoms with Gasteiger partial charge in [0.05, 0.1) is 0 Å². The summed E-state index contributed by atoms with van der Waals surface area (Å²) in [6.45, 7) is 5.04. The number of hydrazine groups is 1. The van der Waals surface area contributed by atoms with Gasteiger partial charge in [-0.2, -0.15) is 0 Å². The normalized spacial score (nSPS) is 12.7. The standard InChI is InChI=1S/C13H17BrN4/c1-3-18-7-6-16-13(18)12(17-15)11-5-4-10(14)8-9(11)2/h4-8,12,17H,3,15H2,1-2H3. The van der Waals surface area contributed by atoms with Crippen LogP contribution in [0.15, 0.2) is 35.1 Å². The summed E-state index contributed by atoms with van der Waals surface area (Å²) in [6.07, 6.45) is 3.77. The SMILES string of the molecule is CCn1ccnc1C(NN)c1ccc(Br)cc1C. The van der Waals surface area contributed by atoms with Crippen molar-refractivity contribution in [3.05, 3.63) is 52.0 Å². The Bertz CT molecular complexity index is 536. The van der Waals surface area contributed by atoms with E-state index in [1.54, 1.807) is 6.20 Å². The highest BCUT2D eigenvalue weighted by Gasteiger charge is 2.19. The second kappa shape index (κ2) is 5.65. The maximum Gasteiger partial charge on any atom is 0.131 e. The molecule has 2 aromatic rings. The molecule has 1 aromatic carbocycles. The van der Waals surface area contributed by atoms with E-state index in [0.29, 0.717) is 0 Å². The largest absolute Gasteiger partial charge is 0.334 e. The van der Waals surface area contributed by atoms with Crippen LogP contribution in [0.25, 0.3) is 0 Å². The number of halogens is 1. The maximum absolute atomic E-state index is 5.71. The molecule has 0 aliphatic heterocycles. The fraction of sp³-hybridized carbons (Fsp3) is 0.308. The average Bonchev–Trinajstić information content (AvgIpc) is 2.81. The summed E-state index contributed by atoms with van der Waals surface area (Å²) in [5, 5.41) is 0. The molecule has 1 atom stereocenters. The first-order chi connectivity index (χ1) is 8.67. The van der Waals surface area contributed by atoms with Gasteiger partial charge >= 0.3 is 0 Å². The van der Waals surface area contributed by atoms with E-state index in [2.05, 4.69) is 56.9 Å². The number of nitrogens with two attached hydrogens (primary N) is 1. The molecule has 2 rings (SSSR count). The zero-order valence-electron chi connectivity index (χ0n) is 10.5. The van der Waals surface area contributed by atoms with Crippen molar-refractivity contribution >= 4 is 15.9 Å². The van der Waals surface area contributed by atoms with Crippen LogP contribution in [0, 0.1) is 6.92 Å². The quantitative estimate of drug-likeness (QED) is 0.674. The zero-order chi connectivity index (χ0) is 13.1. The smallest absolute Gasteiger partial charge is 0.131 e. The molecule has 0 fully saturated rings. The van der Waals surface area contributed by atoms with Gasteiger partial charge in [-0.05, 0) is 37.1 Å². The van der Waals surface area contributed by atoms with E-state index >= 15 is 0 Å². The van der Waals surface area contributed by atoms with Gasteiger partial charge in [0.25, 0.3) is 0 Å². The van der Waals surface area contributed by atoms with Crippen LogP contribution in [0.1, 0.15) is 29.9 Å². The summed E-state index contributed by atoms with van der Waals surface area (Å²) in [7, 11) is 0. The van der Waals surface area contributed by atoms with E-state index in [1.165, 1.54) is 5.56 Å². The Hall–Kier alpha value is -1.17. The third-order valence-electron chi connectivity index (χ3n) is 3.06. The average molecular weight is 309 g/mol. The summed E-state index contributed by atoms with van der Waals surface area (Å²) in [4.78, 5) is 4.41. The lowest BCUT2D eigenvalue weighted by molar-refractivity contribution is 0.559. The highest BCUT2D eigenvalue weighted by atomic mass is 79.9. The number of aromatic nitrogens is 2. The minimum absolute atomic E-state index is 0.0898. The monoisotopic (exact) mass is 308 g/mol. The summed E-state index contributed by atoms with van der Waals surface area (Å²) >= 11 is 3.47. The van der Waals surface area contributed by atoms with Gasteiger partial charge in [-0.25, -0.2) is 10.4 Å². The number of nitrogens with one attached hydrogen (secondary N) is 1. The molecule has 0 aliphatic rings. The maximum atomic E-state index is 5.71. The van der Waals surface area contributed by atoms with Crippen LogP contribution >= 0.6 is 15.9 Å². The van der Waals surface area contributed by atoms with Gasteiger partial charge in [-0.15, -0.1) is 0 Å². The van der Waals surface area contributed by atoms with Crippen molar-refractivity contribution in [1.29, 1.82) is 0 Å². The Labute approximate surface area is 115 Å². The molecule has 1 unspecified atom stereocenters. The van der Waals surface area contributed by atoms with E-state index < -0.39 is 0 Å². The van der Waals surface area contributed by atoms with Gasteiger partial charge in [0.1, 0.15) is 11.9 Å². The molecule has 1 aromatic heterocycles. The minimum atomic E-state index is -0.0898. The van der Waals surface area contributed by atoms with Crippen LogP contribution in [0.3, 0.4) is 0 Å². The Morgan fingerprint density at radius 2 is 2.28 bits per heavy atom. The topological polar surface area (TPSA) is 55.9 Å². The molecule has 0 aliphatic carbocycles. The number of hydrogen-bond acceptors (Lipinski definition) is 3. The summed E-state index contributed by atoms with van der Waals surface area (Å²) in [5.74, 6) is 6.65. The number of hydrogen-bond donors (Lipinski definition) is 2. The van der Waals surface area contributed by atoms with Crippen molar-refractivity contribution in [2.45, 2.75) is 26.4 Å². The Morgan fingerprint density at radius 1 is 1.50 bits per heavy atom. The molecule has 1 heterocycles. The number of aryl methyl sites for hydroxylation is 2. The van der Waals surface area contributed by atoms with Gasteiger partial charge in [-0.1, -0.05) is 22.0 Å². The lowest BCUT2D eigenvalue weighted by Crippen LogP contribution is -2.31. The second-order valence-electron chi connectivity index (χ2n) is 4.17. The molecule has 0 amide bonds. The molecule has 0 radical (unpaired) electrons. The lowest BCUT2D eigenvalue weighted by atomic mass is 10.0. The number of benzene rings is 1. The molecule has 4 nitrogen and oxygen atoms in total. The third kappa shape index (κ3) is 2.48. The van der Waals surface area contributed by atoms with Crippen LogP contribution in [-0.2, 0) is 6.54 Å². The molecular formula is C13H17BrN4. The van der Waals surface area contributed by atoms with Crippen LogP contribution in [0.4, 0.5) is 0 Å². The molecule has 0 saturated carbocycles.